The average Bonchev–Trinajstić information content (AvgIpc) is 2.19. The van der Waals surface area contributed by atoms with Crippen molar-refractivity contribution in [2.24, 2.45) is 5.41 Å². The molecule has 1 unspecified atom stereocenters. The number of aryl methyl sites for hydroxylation is 1. The first-order chi connectivity index (χ1) is 8.35. The van der Waals surface area contributed by atoms with Gasteiger partial charge in [0.1, 0.15) is 5.82 Å². The minimum absolute atomic E-state index is 0.129. The number of allylic oxidation sites excluding steroid dienone is 2. The van der Waals surface area contributed by atoms with Gasteiger partial charge in [0, 0.05) is 0 Å². The second kappa shape index (κ2) is 5.05. The summed E-state index contributed by atoms with van der Waals surface area (Å²) < 4.78 is 13.1. The molecule has 1 aromatic rings. The van der Waals surface area contributed by atoms with Crippen LogP contribution in [0.25, 0.3) is 0 Å². The molecule has 2 heteroatoms. The minimum Gasteiger partial charge on any atom is -0.207 e. The van der Waals surface area contributed by atoms with Gasteiger partial charge in [-0.15, -0.1) is 11.6 Å². The molecule has 0 N–H and O–H groups in total. The Hall–Kier alpha value is -0.820. The Morgan fingerprint density at radius 2 is 2.11 bits per heavy atom. The van der Waals surface area contributed by atoms with Crippen LogP contribution in [0.1, 0.15) is 37.8 Å². The SMILES string of the molecule is Cc1cc(F)ccc1CC1=CC(Cl)CC(C)(C)C1. The zero-order valence-electron chi connectivity index (χ0n) is 11.3. The first kappa shape index (κ1) is 13.6. The van der Waals surface area contributed by atoms with Gasteiger partial charge in [-0.05, 0) is 54.9 Å². The van der Waals surface area contributed by atoms with Crippen molar-refractivity contribution in [1.82, 2.24) is 0 Å². The fourth-order valence-electron chi connectivity index (χ4n) is 2.81. The lowest BCUT2D eigenvalue weighted by Crippen LogP contribution is -2.23. The number of rotatable bonds is 2. The van der Waals surface area contributed by atoms with Gasteiger partial charge in [-0.2, -0.15) is 0 Å². The van der Waals surface area contributed by atoms with Crippen molar-refractivity contribution in [2.75, 3.05) is 0 Å². The van der Waals surface area contributed by atoms with Gasteiger partial charge >= 0.3 is 0 Å². The number of halogens is 2. The van der Waals surface area contributed by atoms with Crippen LogP contribution in [0.4, 0.5) is 4.39 Å². The van der Waals surface area contributed by atoms with Gasteiger partial charge in [0.25, 0.3) is 0 Å². The quantitative estimate of drug-likeness (QED) is 0.520. The van der Waals surface area contributed by atoms with Crippen molar-refractivity contribution in [3.8, 4) is 0 Å². The van der Waals surface area contributed by atoms with Crippen LogP contribution in [0.2, 0.25) is 0 Å². The van der Waals surface area contributed by atoms with Crippen LogP contribution >= 0.6 is 11.6 Å². The molecule has 1 aromatic carbocycles. The van der Waals surface area contributed by atoms with E-state index in [1.54, 1.807) is 6.07 Å². The Labute approximate surface area is 114 Å². The standard InChI is InChI=1S/C16H20ClF/c1-11-6-15(18)5-4-13(11)7-12-8-14(17)10-16(2,3)9-12/h4-6,8,14H,7,9-10H2,1-3H3. The van der Waals surface area contributed by atoms with E-state index in [2.05, 4.69) is 19.9 Å². The van der Waals surface area contributed by atoms with Crippen LogP contribution in [0.5, 0.6) is 0 Å². The van der Waals surface area contributed by atoms with Gasteiger partial charge in [0.15, 0.2) is 0 Å². The lowest BCUT2D eigenvalue weighted by molar-refractivity contribution is 0.320. The van der Waals surface area contributed by atoms with Crippen LogP contribution < -0.4 is 0 Å². The smallest absolute Gasteiger partial charge is 0.123 e. The largest absolute Gasteiger partial charge is 0.207 e. The van der Waals surface area contributed by atoms with Crippen LogP contribution in [-0.2, 0) is 6.42 Å². The highest BCUT2D eigenvalue weighted by molar-refractivity contribution is 6.21. The van der Waals surface area contributed by atoms with Crippen LogP contribution in [0.15, 0.2) is 29.8 Å². The van der Waals surface area contributed by atoms with E-state index in [0.717, 1.165) is 24.8 Å². The maximum absolute atomic E-state index is 13.1. The lowest BCUT2D eigenvalue weighted by Gasteiger charge is -2.32. The molecular weight excluding hydrogens is 247 g/mol. The van der Waals surface area contributed by atoms with Gasteiger partial charge in [-0.25, -0.2) is 4.39 Å². The van der Waals surface area contributed by atoms with Crippen molar-refractivity contribution in [3.63, 3.8) is 0 Å². The third-order valence-corrected chi connectivity index (χ3v) is 3.87. The Kier molecular flexibility index (Phi) is 3.82. The van der Waals surface area contributed by atoms with E-state index in [1.807, 2.05) is 13.0 Å². The average molecular weight is 267 g/mol. The molecule has 2 rings (SSSR count). The van der Waals surface area contributed by atoms with Gasteiger partial charge in [0.05, 0.1) is 5.38 Å². The highest BCUT2D eigenvalue weighted by Crippen LogP contribution is 2.38. The fraction of sp³-hybridized carbons (Fsp3) is 0.500. The Morgan fingerprint density at radius 1 is 1.39 bits per heavy atom. The summed E-state index contributed by atoms with van der Waals surface area (Å²) in [4.78, 5) is 0. The molecule has 0 heterocycles. The maximum Gasteiger partial charge on any atom is 0.123 e. The predicted octanol–water partition coefficient (Wildman–Crippen LogP) is 5.03. The molecule has 1 aliphatic carbocycles. The molecule has 0 fully saturated rings. The minimum atomic E-state index is -0.163. The first-order valence-electron chi connectivity index (χ1n) is 6.44. The third-order valence-electron chi connectivity index (χ3n) is 3.59. The Balaban J connectivity index is 2.18. The molecule has 0 nitrogen and oxygen atoms in total. The van der Waals surface area contributed by atoms with Gasteiger partial charge in [-0.1, -0.05) is 31.6 Å². The molecule has 0 aromatic heterocycles. The second-order valence-corrected chi connectivity index (χ2v) is 6.69. The molecule has 0 radical (unpaired) electrons. The maximum atomic E-state index is 13.1. The summed E-state index contributed by atoms with van der Waals surface area (Å²) in [6, 6.07) is 5.02. The van der Waals surface area contributed by atoms with Crippen molar-refractivity contribution >= 4 is 11.6 Å². The summed E-state index contributed by atoms with van der Waals surface area (Å²) in [5.74, 6) is -0.163. The van der Waals surface area contributed by atoms with E-state index in [9.17, 15) is 4.39 Å². The molecule has 0 saturated heterocycles. The third kappa shape index (κ3) is 3.35. The van der Waals surface area contributed by atoms with Crippen LogP contribution in [0, 0.1) is 18.2 Å². The summed E-state index contributed by atoms with van der Waals surface area (Å²) in [6.45, 7) is 6.48. The molecule has 1 aliphatic rings. The molecule has 0 amide bonds. The van der Waals surface area contributed by atoms with Crippen LogP contribution in [-0.4, -0.2) is 5.38 Å². The molecule has 1 atom stereocenters. The van der Waals surface area contributed by atoms with Crippen molar-refractivity contribution < 1.29 is 4.39 Å². The number of alkyl halides is 1. The van der Waals surface area contributed by atoms with E-state index >= 15 is 0 Å². The fourth-order valence-corrected chi connectivity index (χ4v) is 3.41. The highest BCUT2D eigenvalue weighted by atomic mass is 35.5. The van der Waals surface area contributed by atoms with E-state index in [-0.39, 0.29) is 16.6 Å². The molecule has 98 valence electrons. The van der Waals surface area contributed by atoms with Crippen molar-refractivity contribution in [3.05, 3.63) is 46.8 Å². The topological polar surface area (TPSA) is 0 Å². The Morgan fingerprint density at radius 3 is 2.72 bits per heavy atom. The van der Waals surface area contributed by atoms with Gasteiger partial charge < -0.3 is 0 Å². The van der Waals surface area contributed by atoms with Gasteiger partial charge in [0.2, 0.25) is 0 Å². The lowest BCUT2D eigenvalue weighted by atomic mass is 9.75. The van der Waals surface area contributed by atoms with Crippen LogP contribution in [0.3, 0.4) is 0 Å². The summed E-state index contributed by atoms with van der Waals surface area (Å²) in [6.07, 6.45) is 5.17. The summed E-state index contributed by atoms with van der Waals surface area (Å²) in [7, 11) is 0. The van der Waals surface area contributed by atoms with E-state index in [1.165, 1.54) is 17.2 Å². The van der Waals surface area contributed by atoms with Gasteiger partial charge in [-0.3, -0.25) is 0 Å². The van der Waals surface area contributed by atoms with Crippen molar-refractivity contribution in [1.29, 1.82) is 0 Å². The molecule has 0 aliphatic heterocycles. The molecule has 0 spiro atoms. The first-order valence-corrected chi connectivity index (χ1v) is 6.88. The zero-order valence-corrected chi connectivity index (χ0v) is 12.0. The van der Waals surface area contributed by atoms with Crippen molar-refractivity contribution in [2.45, 2.75) is 45.4 Å². The zero-order chi connectivity index (χ0) is 13.3. The number of hydrogen-bond donors (Lipinski definition) is 0. The monoisotopic (exact) mass is 266 g/mol. The number of hydrogen-bond acceptors (Lipinski definition) is 0. The normalized spacial score (nSPS) is 22.7. The highest BCUT2D eigenvalue weighted by Gasteiger charge is 2.27. The van der Waals surface area contributed by atoms with E-state index in [0.29, 0.717) is 0 Å². The molecule has 0 saturated carbocycles. The molecule has 0 bridgehead atoms. The summed E-state index contributed by atoms with van der Waals surface area (Å²) in [5.41, 5.74) is 3.86. The molecular formula is C16H20ClF. The predicted molar refractivity (Wildman–Crippen MR) is 75.6 cm³/mol. The summed E-state index contributed by atoms with van der Waals surface area (Å²) >= 11 is 6.29. The van der Waals surface area contributed by atoms with E-state index in [4.69, 9.17) is 11.6 Å². The number of benzene rings is 1. The Bertz CT molecular complexity index is 474. The van der Waals surface area contributed by atoms with E-state index < -0.39 is 0 Å². The second-order valence-electron chi connectivity index (χ2n) is 6.13. The summed E-state index contributed by atoms with van der Waals surface area (Å²) in [5, 5.41) is 0.129. The molecule has 18 heavy (non-hydrogen) atoms.